The van der Waals surface area contributed by atoms with Gasteiger partial charge in [0.25, 0.3) is 10.1 Å². The molecule has 1 aromatic carbocycles. The van der Waals surface area contributed by atoms with Gasteiger partial charge in [0.15, 0.2) is 0 Å². The zero-order valence-electron chi connectivity index (χ0n) is 9.95. The first-order valence-corrected chi connectivity index (χ1v) is 6.04. The second kappa shape index (κ2) is 7.48. The van der Waals surface area contributed by atoms with Gasteiger partial charge in [-0.25, -0.2) is 0 Å². The van der Waals surface area contributed by atoms with Gasteiger partial charge >= 0.3 is 51.4 Å². The summed E-state index contributed by atoms with van der Waals surface area (Å²) in [5.74, 6) is -0.991. The molecule has 0 aromatic heterocycles. The van der Waals surface area contributed by atoms with Gasteiger partial charge in [0.05, 0.1) is 10.6 Å². The number of hydrogen-bond acceptors (Lipinski definition) is 5. The number of rotatable bonds is 4. The Morgan fingerprint density at radius 3 is 2.56 bits per heavy atom. The molecule has 0 heterocycles. The third-order valence-electron chi connectivity index (χ3n) is 1.77. The molecule has 0 saturated carbocycles. The summed E-state index contributed by atoms with van der Waals surface area (Å²) < 4.78 is 30.4. The SMILES string of the molecule is CC(=O)CC([O-])=Nc1cccc(S(=O)(=O)O)c1.[K+]. The van der Waals surface area contributed by atoms with Crippen molar-refractivity contribution in [1.82, 2.24) is 0 Å². The third kappa shape index (κ3) is 6.18. The number of ketones is 1. The van der Waals surface area contributed by atoms with Gasteiger partial charge in [-0.3, -0.25) is 14.3 Å². The van der Waals surface area contributed by atoms with Gasteiger partial charge in [-0.1, -0.05) is 6.07 Å². The van der Waals surface area contributed by atoms with Gasteiger partial charge in [-0.2, -0.15) is 8.42 Å². The van der Waals surface area contributed by atoms with Crippen molar-refractivity contribution in [2.24, 2.45) is 4.99 Å². The zero-order valence-corrected chi connectivity index (χ0v) is 13.9. The molecule has 0 aliphatic rings. The normalized spacial score (nSPS) is 11.8. The van der Waals surface area contributed by atoms with Crippen LogP contribution in [0.25, 0.3) is 0 Å². The van der Waals surface area contributed by atoms with Crippen molar-refractivity contribution in [3.63, 3.8) is 0 Å². The minimum Gasteiger partial charge on any atom is -0.861 e. The molecule has 0 fully saturated rings. The molecule has 1 rings (SSSR count). The third-order valence-corrected chi connectivity index (χ3v) is 2.62. The molecule has 0 atom stereocenters. The second-order valence-electron chi connectivity index (χ2n) is 3.36. The molecule has 18 heavy (non-hydrogen) atoms. The van der Waals surface area contributed by atoms with E-state index >= 15 is 0 Å². The van der Waals surface area contributed by atoms with E-state index in [1.54, 1.807) is 0 Å². The Hall–Kier alpha value is -0.0936. The quantitative estimate of drug-likeness (QED) is 0.282. The van der Waals surface area contributed by atoms with E-state index in [9.17, 15) is 18.3 Å². The van der Waals surface area contributed by atoms with Crippen LogP contribution < -0.4 is 56.5 Å². The molecule has 0 radical (unpaired) electrons. The Bertz CT molecular complexity index is 567. The average molecular weight is 295 g/mol. The first kappa shape index (κ1) is 17.9. The predicted octanol–water partition coefficient (Wildman–Crippen LogP) is -2.69. The van der Waals surface area contributed by atoms with Crippen molar-refractivity contribution in [2.75, 3.05) is 0 Å². The molecule has 0 unspecified atom stereocenters. The zero-order chi connectivity index (χ0) is 13.1. The maximum absolute atomic E-state index is 11.2. The minimum absolute atomic E-state index is 0. The maximum atomic E-state index is 11.2. The molecule has 1 N–H and O–H groups in total. The van der Waals surface area contributed by atoms with Gasteiger partial charge in [0, 0.05) is 6.42 Å². The van der Waals surface area contributed by atoms with Crippen molar-refractivity contribution < 1.29 is 74.3 Å². The van der Waals surface area contributed by atoms with Crippen LogP contribution in [0.15, 0.2) is 34.2 Å². The summed E-state index contributed by atoms with van der Waals surface area (Å²) in [7, 11) is -4.32. The van der Waals surface area contributed by atoms with Gasteiger partial charge in [0.1, 0.15) is 5.78 Å². The van der Waals surface area contributed by atoms with E-state index in [1.165, 1.54) is 25.1 Å². The van der Waals surface area contributed by atoms with Gasteiger partial charge in [-0.05, 0) is 31.0 Å². The second-order valence-corrected chi connectivity index (χ2v) is 4.78. The fraction of sp³-hybridized carbons (Fsp3) is 0.200. The Morgan fingerprint density at radius 1 is 1.44 bits per heavy atom. The van der Waals surface area contributed by atoms with E-state index < -0.39 is 16.0 Å². The van der Waals surface area contributed by atoms with Crippen molar-refractivity contribution in [1.29, 1.82) is 0 Å². The number of nitrogens with zero attached hydrogens (tertiary/aromatic N) is 1. The minimum atomic E-state index is -4.32. The van der Waals surface area contributed by atoms with E-state index in [4.69, 9.17) is 4.55 Å². The molecule has 0 spiro atoms. The summed E-state index contributed by atoms with van der Waals surface area (Å²) in [6, 6.07) is 4.95. The van der Waals surface area contributed by atoms with Crippen molar-refractivity contribution >= 4 is 27.5 Å². The number of carbonyl (C=O) groups excluding carboxylic acids is 1. The summed E-state index contributed by atoms with van der Waals surface area (Å²) >= 11 is 0. The van der Waals surface area contributed by atoms with Crippen LogP contribution in [-0.2, 0) is 14.9 Å². The van der Waals surface area contributed by atoms with Crippen LogP contribution >= 0.6 is 0 Å². The summed E-state index contributed by atoms with van der Waals surface area (Å²) in [4.78, 5) is 13.8. The Balaban J connectivity index is 0.00000289. The summed E-state index contributed by atoms with van der Waals surface area (Å²) in [5.41, 5.74) is 0.0753. The first-order valence-electron chi connectivity index (χ1n) is 4.60. The number of aliphatic imine (C=N–C) groups is 1. The fourth-order valence-electron chi connectivity index (χ4n) is 1.11. The molecule has 0 saturated heterocycles. The van der Waals surface area contributed by atoms with Crippen LogP contribution in [0.1, 0.15) is 13.3 Å². The molecule has 92 valence electrons. The summed E-state index contributed by atoms with van der Waals surface area (Å²) in [6.45, 7) is 1.25. The van der Waals surface area contributed by atoms with E-state index in [-0.39, 0.29) is 74.2 Å². The van der Waals surface area contributed by atoms with Crippen LogP contribution in [0, 0.1) is 0 Å². The van der Waals surface area contributed by atoms with E-state index in [1.807, 2.05) is 0 Å². The Kier molecular flexibility index (Phi) is 7.45. The molecule has 0 aliphatic heterocycles. The Morgan fingerprint density at radius 2 is 2.06 bits per heavy atom. The van der Waals surface area contributed by atoms with Crippen molar-refractivity contribution in [3.8, 4) is 0 Å². The number of carbonyl (C=O) groups is 1. The van der Waals surface area contributed by atoms with Gasteiger partial charge in [0.2, 0.25) is 0 Å². The average Bonchev–Trinajstić information content (AvgIpc) is 2.15. The summed E-state index contributed by atoms with van der Waals surface area (Å²) in [6.07, 6.45) is -0.337. The molecule has 0 bridgehead atoms. The molecule has 1 aromatic rings. The van der Waals surface area contributed by atoms with Crippen LogP contribution in [0.3, 0.4) is 0 Å². The molecule has 6 nitrogen and oxygen atoms in total. The molecule has 0 amide bonds. The monoisotopic (exact) mass is 295 g/mol. The van der Waals surface area contributed by atoms with Gasteiger partial charge < -0.3 is 5.11 Å². The number of hydrogen-bond donors (Lipinski definition) is 1. The van der Waals surface area contributed by atoms with Crippen molar-refractivity contribution in [2.45, 2.75) is 18.2 Å². The smallest absolute Gasteiger partial charge is 0.861 e. The summed E-state index contributed by atoms with van der Waals surface area (Å²) in [5, 5.41) is 11.2. The number of benzene rings is 1. The topological polar surface area (TPSA) is 107 Å². The van der Waals surface area contributed by atoms with E-state index in [0.717, 1.165) is 6.07 Å². The largest absolute Gasteiger partial charge is 1.00 e. The van der Waals surface area contributed by atoms with Crippen LogP contribution in [0.2, 0.25) is 0 Å². The fourth-order valence-corrected chi connectivity index (χ4v) is 1.63. The standard InChI is InChI=1S/C10H11NO5S.K/c1-7(12)5-10(13)11-8-3-2-4-9(6-8)17(14,15)16;/h2-4,6H,5H2,1H3,(H,11,13)(H,14,15,16);/q;+1/p-1. The number of Topliss-reactive ketones (excluding diaryl/α,β-unsaturated/α-hetero) is 1. The molecular formula is C10H10KNO5S. The van der Waals surface area contributed by atoms with Gasteiger partial charge in [-0.15, -0.1) is 0 Å². The molecule has 0 aliphatic carbocycles. The van der Waals surface area contributed by atoms with E-state index in [2.05, 4.69) is 4.99 Å². The maximum Gasteiger partial charge on any atom is 1.00 e. The van der Waals surface area contributed by atoms with Crippen LogP contribution in [0.5, 0.6) is 0 Å². The van der Waals surface area contributed by atoms with E-state index in [0.29, 0.717) is 0 Å². The first-order chi connectivity index (χ1) is 7.79. The predicted molar refractivity (Wildman–Crippen MR) is 58.6 cm³/mol. The molecule has 8 heteroatoms. The van der Waals surface area contributed by atoms with Crippen molar-refractivity contribution in [3.05, 3.63) is 24.3 Å². The van der Waals surface area contributed by atoms with Crippen LogP contribution in [-0.4, -0.2) is 24.7 Å². The molecular weight excluding hydrogens is 285 g/mol. The van der Waals surface area contributed by atoms with Crippen LogP contribution in [0.4, 0.5) is 5.69 Å². The Labute approximate surface area is 147 Å².